The topological polar surface area (TPSA) is 115 Å². The van der Waals surface area contributed by atoms with E-state index in [2.05, 4.69) is 10.6 Å². The monoisotopic (exact) mass is 522 g/mol. The number of rotatable bonds is 5. The van der Waals surface area contributed by atoms with Gasteiger partial charge in [-0.25, -0.2) is 14.0 Å². The van der Waals surface area contributed by atoms with E-state index < -0.39 is 29.7 Å². The van der Waals surface area contributed by atoms with Crippen LogP contribution in [-0.2, 0) is 14.3 Å². The summed E-state index contributed by atoms with van der Waals surface area (Å²) in [4.78, 5) is 56.4. The van der Waals surface area contributed by atoms with Gasteiger partial charge >= 0.3 is 12.1 Å². The minimum Gasteiger partial charge on any atom is -0.450 e. The number of hydrogen-bond acceptors (Lipinski definition) is 8. The van der Waals surface area contributed by atoms with Crippen molar-refractivity contribution in [3.05, 3.63) is 35.6 Å². The van der Waals surface area contributed by atoms with E-state index >= 15 is 0 Å². The van der Waals surface area contributed by atoms with Gasteiger partial charge in [-0.3, -0.25) is 25.1 Å². The van der Waals surface area contributed by atoms with E-state index in [4.69, 9.17) is 4.74 Å². The molecule has 0 radical (unpaired) electrons. The molecule has 0 spiro atoms. The molecule has 0 saturated carbocycles. The number of ether oxygens (including phenoxy) is 1. The summed E-state index contributed by atoms with van der Waals surface area (Å²) in [5, 5.41) is 6.18. The second-order valence-electron chi connectivity index (χ2n) is 8.88. The average molecular weight is 523 g/mol. The van der Waals surface area contributed by atoms with Crippen LogP contribution in [0.3, 0.4) is 0 Å². The lowest BCUT2D eigenvalue weighted by molar-refractivity contribution is -0.140. The molecule has 0 bridgehead atoms. The maximum absolute atomic E-state index is 13.5. The summed E-state index contributed by atoms with van der Waals surface area (Å²) in [6.07, 6.45) is -1.44. The molecule has 4 atom stereocenters. The number of hydrogen-bond donors (Lipinski definition) is 2. The van der Waals surface area contributed by atoms with Crippen molar-refractivity contribution in [3.8, 4) is 0 Å². The van der Waals surface area contributed by atoms with E-state index in [9.17, 15) is 23.6 Å². The van der Waals surface area contributed by atoms with Crippen molar-refractivity contribution in [1.29, 1.82) is 0 Å². The molecule has 2 N–H and O–H groups in total. The Morgan fingerprint density at radius 2 is 1.69 bits per heavy atom. The molecule has 3 fully saturated rings. The van der Waals surface area contributed by atoms with Crippen molar-refractivity contribution in [2.45, 2.75) is 24.6 Å². The van der Waals surface area contributed by atoms with Gasteiger partial charge in [0.1, 0.15) is 5.82 Å². The maximum atomic E-state index is 13.5. The number of imide groups is 1. The largest absolute Gasteiger partial charge is 0.450 e. The number of benzene rings is 1. The number of carbonyl (C=O) groups excluding carboxylic acids is 4. The quantitative estimate of drug-likeness (QED) is 0.585. The number of fused-ring (bicyclic) bond motifs is 1. The number of halogens is 1. The van der Waals surface area contributed by atoms with E-state index in [-0.39, 0.29) is 29.5 Å². The molecule has 4 unspecified atom stereocenters. The normalized spacial score (nSPS) is 26.7. The van der Waals surface area contributed by atoms with Gasteiger partial charge in [0.25, 0.3) is 0 Å². The average Bonchev–Trinajstić information content (AvgIpc) is 2.89. The molecule has 4 rings (SSSR count). The van der Waals surface area contributed by atoms with Crippen LogP contribution in [-0.4, -0.2) is 108 Å². The molecule has 3 aliphatic rings. The third kappa shape index (κ3) is 5.27. The van der Waals surface area contributed by atoms with Crippen molar-refractivity contribution in [2.75, 3.05) is 52.6 Å². The highest BCUT2D eigenvalue weighted by molar-refractivity contribution is 8.00. The van der Waals surface area contributed by atoms with E-state index in [0.717, 1.165) is 10.5 Å². The fourth-order valence-corrected chi connectivity index (χ4v) is 5.86. The van der Waals surface area contributed by atoms with Gasteiger partial charge in [-0.15, -0.1) is 11.8 Å². The first-order valence-electron chi connectivity index (χ1n) is 11.8. The number of carbonyl (C=O) groups is 4. The number of urea groups is 1. The van der Waals surface area contributed by atoms with E-state index in [1.807, 2.05) is 0 Å². The lowest BCUT2D eigenvalue weighted by Gasteiger charge is -2.50. The zero-order chi connectivity index (χ0) is 26.0. The summed E-state index contributed by atoms with van der Waals surface area (Å²) >= 11 is 1.30. The van der Waals surface area contributed by atoms with E-state index in [1.165, 1.54) is 35.8 Å². The summed E-state index contributed by atoms with van der Waals surface area (Å²) in [6, 6.07) is 5.54. The van der Waals surface area contributed by atoms with Crippen molar-refractivity contribution in [3.63, 3.8) is 0 Å². The van der Waals surface area contributed by atoms with Gasteiger partial charge in [0.15, 0.2) is 0 Å². The first-order chi connectivity index (χ1) is 17.2. The SMILES string of the molecule is CCOC(=O)N1CCN(C(=O)CSC2NC(c3ccc(F)cc3)NC3C2C(=O)N(C)C(=O)N3C)CC1. The molecule has 1 aromatic rings. The van der Waals surface area contributed by atoms with Crippen LogP contribution in [0.1, 0.15) is 18.7 Å². The molecule has 3 saturated heterocycles. The highest BCUT2D eigenvalue weighted by atomic mass is 32.2. The molecule has 5 amide bonds. The van der Waals surface area contributed by atoms with Gasteiger partial charge < -0.3 is 19.4 Å². The smallest absolute Gasteiger partial charge is 0.409 e. The van der Waals surface area contributed by atoms with Crippen molar-refractivity contribution in [1.82, 2.24) is 30.2 Å². The zero-order valence-electron chi connectivity index (χ0n) is 20.5. The Morgan fingerprint density at radius 3 is 2.33 bits per heavy atom. The van der Waals surface area contributed by atoms with E-state index in [0.29, 0.717) is 32.8 Å². The standard InChI is InChI=1S/C23H31FN6O5S/c1-4-35-23(34)30-11-9-29(10-12-30)16(31)13-36-20-17-19(27(2)22(33)28(3)21(17)32)25-18(26-20)14-5-7-15(24)8-6-14/h5-8,17-20,25-26H,4,9-13H2,1-3H3. The van der Waals surface area contributed by atoms with Crippen LogP contribution in [0.4, 0.5) is 14.0 Å². The molecule has 196 valence electrons. The molecule has 36 heavy (non-hydrogen) atoms. The number of amides is 5. The van der Waals surface area contributed by atoms with Gasteiger partial charge in [-0.05, 0) is 24.6 Å². The van der Waals surface area contributed by atoms with Gasteiger partial charge in [-0.1, -0.05) is 12.1 Å². The summed E-state index contributed by atoms with van der Waals surface area (Å²) in [5.74, 6) is -1.32. The third-order valence-corrected chi connectivity index (χ3v) is 7.91. The summed E-state index contributed by atoms with van der Waals surface area (Å²) in [6.45, 7) is 3.65. The lowest BCUT2D eigenvalue weighted by atomic mass is 9.96. The Morgan fingerprint density at radius 1 is 1.06 bits per heavy atom. The van der Waals surface area contributed by atoms with Gasteiger partial charge in [-0.2, -0.15) is 0 Å². The molecule has 0 aromatic heterocycles. The van der Waals surface area contributed by atoms with Crippen LogP contribution >= 0.6 is 11.8 Å². The number of piperazine rings is 1. The molecule has 3 aliphatic heterocycles. The van der Waals surface area contributed by atoms with Crippen LogP contribution in [0.25, 0.3) is 0 Å². The van der Waals surface area contributed by atoms with Crippen LogP contribution in [0.5, 0.6) is 0 Å². The fourth-order valence-electron chi connectivity index (χ4n) is 4.65. The molecule has 1 aromatic carbocycles. The van der Waals surface area contributed by atoms with Crippen molar-refractivity contribution < 1.29 is 28.3 Å². The highest BCUT2D eigenvalue weighted by Gasteiger charge is 2.51. The van der Waals surface area contributed by atoms with E-state index in [1.54, 1.807) is 35.9 Å². The Bertz CT molecular complexity index is 1010. The third-order valence-electron chi connectivity index (χ3n) is 6.70. The summed E-state index contributed by atoms with van der Waals surface area (Å²) in [7, 11) is 3.07. The van der Waals surface area contributed by atoms with Crippen LogP contribution in [0.15, 0.2) is 24.3 Å². The van der Waals surface area contributed by atoms with Crippen molar-refractivity contribution in [2.24, 2.45) is 5.92 Å². The number of nitrogens with one attached hydrogen (secondary N) is 2. The minimum absolute atomic E-state index is 0.0974. The zero-order valence-corrected chi connectivity index (χ0v) is 21.3. The Balaban J connectivity index is 1.45. The molecule has 0 aliphatic carbocycles. The lowest BCUT2D eigenvalue weighted by Crippen LogP contribution is -2.72. The minimum atomic E-state index is -0.632. The predicted molar refractivity (Wildman–Crippen MR) is 130 cm³/mol. The van der Waals surface area contributed by atoms with Crippen LogP contribution < -0.4 is 10.6 Å². The Kier molecular flexibility index (Phi) is 8.00. The van der Waals surface area contributed by atoms with Crippen LogP contribution in [0.2, 0.25) is 0 Å². The number of thioether (sulfide) groups is 1. The van der Waals surface area contributed by atoms with Gasteiger partial charge in [0.2, 0.25) is 11.8 Å². The molecule has 11 nitrogen and oxygen atoms in total. The van der Waals surface area contributed by atoms with Gasteiger partial charge in [0.05, 0.1) is 36.0 Å². The first-order valence-corrected chi connectivity index (χ1v) is 12.9. The fraction of sp³-hybridized carbons (Fsp3) is 0.565. The maximum Gasteiger partial charge on any atom is 0.409 e. The molecular formula is C23H31FN6O5S. The molecule has 13 heteroatoms. The Labute approximate surface area is 213 Å². The molecule has 3 heterocycles. The highest BCUT2D eigenvalue weighted by Crippen LogP contribution is 2.34. The molecular weight excluding hydrogens is 491 g/mol. The summed E-state index contributed by atoms with van der Waals surface area (Å²) < 4.78 is 18.5. The summed E-state index contributed by atoms with van der Waals surface area (Å²) in [5.41, 5.74) is 0.745. The number of nitrogens with zero attached hydrogens (tertiary/aromatic N) is 4. The van der Waals surface area contributed by atoms with Crippen LogP contribution in [0, 0.1) is 11.7 Å². The predicted octanol–water partition coefficient (Wildman–Crippen LogP) is 0.843. The second kappa shape index (κ2) is 11.0. The second-order valence-corrected chi connectivity index (χ2v) is 10.0. The Hall–Kier alpha value is -2.90. The van der Waals surface area contributed by atoms with Gasteiger partial charge in [0, 0.05) is 40.3 Å². The van der Waals surface area contributed by atoms with Crippen molar-refractivity contribution >= 4 is 35.7 Å². The first kappa shape index (κ1) is 26.2.